The lowest BCUT2D eigenvalue weighted by molar-refractivity contribution is -0.119. The lowest BCUT2D eigenvalue weighted by Crippen LogP contribution is -2.37. The third-order valence-electron chi connectivity index (χ3n) is 3.18. The number of benzene rings is 2. The molecule has 0 aliphatic heterocycles. The quantitative estimate of drug-likeness (QED) is 0.793. The normalized spacial score (nSPS) is 11.2. The van der Waals surface area contributed by atoms with E-state index in [0.717, 1.165) is 11.6 Å². The molecule has 5 nitrogen and oxygen atoms in total. The molecule has 0 bridgehead atoms. The van der Waals surface area contributed by atoms with Gasteiger partial charge >= 0.3 is 0 Å². The molecule has 2 rings (SSSR count). The maximum absolute atomic E-state index is 13.5. The van der Waals surface area contributed by atoms with Crippen molar-refractivity contribution in [3.05, 3.63) is 65.7 Å². The van der Waals surface area contributed by atoms with Crippen LogP contribution in [0.3, 0.4) is 0 Å². The fourth-order valence-electron chi connectivity index (χ4n) is 1.97. The number of halogens is 2. The summed E-state index contributed by atoms with van der Waals surface area (Å²) in [7, 11) is -4.31. The first kappa shape index (κ1) is 18.0. The van der Waals surface area contributed by atoms with Gasteiger partial charge in [0.2, 0.25) is 15.9 Å². The van der Waals surface area contributed by atoms with Gasteiger partial charge in [0.1, 0.15) is 16.5 Å². The van der Waals surface area contributed by atoms with E-state index in [9.17, 15) is 22.0 Å². The lowest BCUT2D eigenvalue weighted by Gasteiger charge is -2.09. The SMILES string of the molecule is O=C(CNS(=O)(=O)c1cc(F)ccc1F)NCCc1ccccc1. The molecule has 128 valence electrons. The number of hydrogen-bond donors (Lipinski definition) is 2. The van der Waals surface area contributed by atoms with Crippen LogP contribution in [0, 0.1) is 11.6 Å². The Morgan fingerprint density at radius 1 is 1.04 bits per heavy atom. The zero-order chi connectivity index (χ0) is 17.6. The molecule has 1 amide bonds. The average molecular weight is 354 g/mol. The van der Waals surface area contributed by atoms with Crippen LogP contribution in [0.2, 0.25) is 0 Å². The molecular formula is C16H16F2N2O3S. The van der Waals surface area contributed by atoms with Gasteiger partial charge in [0.05, 0.1) is 6.54 Å². The van der Waals surface area contributed by atoms with Gasteiger partial charge in [-0.1, -0.05) is 30.3 Å². The van der Waals surface area contributed by atoms with Crippen molar-refractivity contribution in [2.45, 2.75) is 11.3 Å². The number of nitrogens with one attached hydrogen (secondary N) is 2. The summed E-state index contributed by atoms with van der Waals surface area (Å²) in [5.41, 5.74) is 1.03. The Labute approximate surface area is 138 Å². The predicted octanol–water partition coefficient (Wildman–Crippen LogP) is 1.60. The van der Waals surface area contributed by atoms with Crippen molar-refractivity contribution in [1.29, 1.82) is 0 Å². The summed E-state index contributed by atoms with van der Waals surface area (Å²) in [6.45, 7) is -0.230. The second-order valence-electron chi connectivity index (χ2n) is 4.98. The number of carbonyl (C=O) groups is 1. The van der Waals surface area contributed by atoms with Gasteiger partial charge in [-0.05, 0) is 30.2 Å². The number of hydrogen-bond acceptors (Lipinski definition) is 3. The molecule has 0 atom stereocenters. The summed E-state index contributed by atoms with van der Waals surface area (Å²) in [4.78, 5) is 10.8. The minimum atomic E-state index is -4.31. The molecule has 0 radical (unpaired) electrons. The van der Waals surface area contributed by atoms with E-state index in [1.165, 1.54) is 0 Å². The van der Waals surface area contributed by atoms with Crippen LogP contribution in [0.25, 0.3) is 0 Å². The third kappa shape index (κ3) is 5.10. The standard InChI is InChI=1S/C16H16F2N2O3S/c17-13-6-7-14(18)15(10-13)24(22,23)20-11-16(21)19-9-8-12-4-2-1-3-5-12/h1-7,10,20H,8-9,11H2,(H,19,21). The average Bonchev–Trinajstić information content (AvgIpc) is 2.56. The van der Waals surface area contributed by atoms with Gasteiger partial charge < -0.3 is 5.32 Å². The summed E-state index contributed by atoms with van der Waals surface area (Å²) < 4.78 is 52.3. The van der Waals surface area contributed by atoms with Gasteiger partial charge in [-0.25, -0.2) is 21.9 Å². The van der Waals surface area contributed by atoms with Crippen LogP contribution < -0.4 is 10.0 Å². The van der Waals surface area contributed by atoms with Crippen LogP contribution in [0.5, 0.6) is 0 Å². The Bertz CT molecular complexity index is 811. The van der Waals surface area contributed by atoms with Gasteiger partial charge in [0.25, 0.3) is 0 Å². The number of carbonyl (C=O) groups excluding carboxylic acids is 1. The Morgan fingerprint density at radius 3 is 2.46 bits per heavy atom. The zero-order valence-electron chi connectivity index (χ0n) is 12.6. The van der Waals surface area contributed by atoms with Crippen molar-refractivity contribution in [1.82, 2.24) is 10.0 Å². The highest BCUT2D eigenvalue weighted by molar-refractivity contribution is 7.89. The third-order valence-corrected chi connectivity index (χ3v) is 4.60. The molecule has 0 saturated carbocycles. The maximum Gasteiger partial charge on any atom is 0.244 e. The molecule has 0 fully saturated rings. The molecule has 8 heteroatoms. The maximum atomic E-state index is 13.5. The molecule has 0 spiro atoms. The van der Waals surface area contributed by atoms with Crippen molar-refractivity contribution in [2.24, 2.45) is 0 Å². The van der Waals surface area contributed by atoms with E-state index in [4.69, 9.17) is 0 Å². The second kappa shape index (κ2) is 7.98. The molecular weight excluding hydrogens is 338 g/mol. The molecule has 0 unspecified atom stereocenters. The monoisotopic (exact) mass is 354 g/mol. The van der Waals surface area contributed by atoms with Crippen molar-refractivity contribution in [3.63, 3.8) is 0 Å². The van der Waals surface area contributed by atoms with Gasteiger partial charge in [0, 0.05) is 6.54 Å². The molecule has 0 aromatic heterocycles. The zero-order valence-corrected chi connectivity index (χ0v) is 13.4. The van der Waals surface area contributed by atoms with Crippen LogP contribution >= 0.6 is 0 Å². The summed E-state index contributed by atoms with van der Waals surface area (Å²) >= 11 is 0. The summed E-state index contributed by atoms with van der Waals surface area (Å²) in [6.07, 6.45) is 0.595. The minimum absolute atomic E-state index is 0.332. The highest BCUT2D eigenvalue weighted by Crippen LogP contribution is 2.15. The second-order valence-corrected chi connectivity index (χ2v) is 6.72. The number of amides is 1. The number of sulfonamides is 1. The van der Waals surface area contributed by atoms with Crippen molar-refractivity contribution in [3.8, 4) is 0 Å². The Balaban J connectivity index is 1.85. The van der Waals surface area contributed by atoms with E-state index in [0.29, 0.717) is 25.1 Å². The molecule has 2 N–H and O–H groups in total. The first-order valence-electron chi connectivity index (χ1n) is 7.14. The van der Waals surface area contributed by atoms with Crippen LogP contribution in [-0.4, -0.2) is 27.4 Å². The predicted molar refractivity (Wildman–Crippen MR) is 84.7 cm³/mol. The van der Waals surface area contributed by atoms with E-state index in [2.05, 4.69) is 5.32 Å². The summed E-state index contributed by atoms with van der Waals surface area (Å²) in [6, 6.07) is 11.5. The topological polar surface area (TPSA) is 75.3 Å². The van der Waals surface area contributed by atoms with Crippen LogP contribution in [0.15, 0.2) is 53.4 Å². The molecule has 0 saturated heterocycles. The highest BCUT2D eigenvalue weighted by Gasteiger charge is 2.20. The van der Waals surface area contributed by atoms with E-state index in [1.807, 2.05) is 35.1 Å². The number of rotatable bonds is 7. The highest BCUT2D eigenvalue weighted by atomic mass is 32.2. The van der Waals surface area contributed by atoms with E-state index >= 15 is 0 Å². The molecule has 24 heavy (non-hydrogen) atoms. The molecule has 0 aliphatic carbocycles. The fraction of sp³-hybridized carbons (Fsp3) is 0.188. The molecule has 0 aliphatic rings. The van der Waals surface area contributed by atoms with Crippen LogP contribution in [-0.2, 0) is 21.2 Å². The Morgan fingerprint density at radius 2 is 1.75 bits per heavy atom. The molecule has 2 aromatic rings. The van der Waals surface area contributed by atoms with E-state index < -0.39 is 39.0 Å². The van der Waals surface area contributed by atoms with Gasteiger partial charge in [-0.2, -0.15) is 0 Å². The van der Waals surface area contributed by atoms with Crippen molar-refractivity contribution >= 4 is 15.9 Å². The lowest BCUT2D eigenvalue weighted by atomic mass is 10.1. The fourth-order valence-corrected chi connectivity index (χ4v) is 3.04. The van der Waals surface area contributed by atoms with E-state index in [1.54, 1.807) is 0 Å². The van der Waals surface area contributed by atoms with E-state index in [-0.39, 0.29) is 0 Å². The summed E-state index contributed by atoms with van der Waals surface area (Å²) in [5.74, 6) is -2.54. The molecule has 2 aromatic carbocycles. The Hall–Kier alpha value is -2.32. The summed E-state index contributed by atoms with van der Waals surface area (Å²) in [5, 5.41) is 2.55. The van der Waals surface area contributed by atoms with Crippen molar-refractivity contribution in [2.75, 3.05) is 13.1 Å². The Kier molecular flexibility index (Phi) is 5.99. The largest absolute Gasteiger partial charge is 0.355 e. The van der Waals surface area contributed by atoms with Gasteiger partial charge in [-0.15, -0.1) is 0 Å². The van der Waals surface area contributed by atoms with Gasteiger partial charge in [0.15, 0.2) is 0 Å². The smallest absolute Gasteiger partial charge is 0.244 e. The first-order chi connectivity index (χ1) is 11.4. The van der Waals surface area contributed by atoms with Crippen molar-refractivity contribution < 1.29 is 22.0 Å². The minimum Gasteiger partial charge on any atom is -0.355 e. The molecule has 0 heterocycles. The van der Waals surface area contributed by atoms with Crippen LogP contribution in [0.4, 0.5) is 8.78 Å². The van der Waals surface area contributed by atoms with Gasteiger partial charge in [-0.3, -0.25) is 4.79 Å². The van der Waals surface area contributed by atoms with Crippen LogP contribution in [0.1, 0.15) is 5.56 Å². The first-order valence-corrected chi connectivity index (χ1v) is 8.62.